The number of nitrogens with zero attached hydrogens (tertiary/aromatic N) is 2. The standard InChI is InChI=1S/C18H27N3O3.HI/c1-22-16-7-6-14(12-17(16)24-15-4-2-3-5-15)13-20-18(19)21-8-10-23-11-9-21;/h6-7,12,15H,2-5,8-11,13H2,1H3,(H2,19,20);1H. The first kappa shape index (κ1) is 20.1. The van der Waals surface area contributed by atoms with E-state index in [4.69, 9.17) is 19.9 Å². The van der Waals surface area contributed by atoms with Gasteiger partial charge in [0, 0.05) is 13.1 Å². The van der Waals surface area contributed by atoms with Crippen LogP contribution in [0.5, 0.6) is 11.5 Å². The number of ether oxygens (including phenoxy) is 3. The highest BCUT2D eigenvalue weighted by molar-refractivity contribution is 14.0. The molecule has 25 heavy (non-hydrogen) atoms. The molecule has 6 nitrogen and oxygen atoms in total. The minimum absolute atomic E-state index is 0. The van der Waals surface area contributed by atoms with Gasteiger partial charge in [-0.2, -0.15) is 0 Å². The molecule has 1 aliphatic carbocycles. The summed E-state index contributed by atoms with van der Waals surface area (Å²) >= 11 is 0. The zero-order valence-electron chi connectivity index (χ0n) is 14.8. The molecule has 2 N–H and O–H groups in total. The van der Waals surface area contributed by atoms with Gasteiger partial charge in [0.25, 0.3) is 0 Å². The lowest BCUT2D eigenvalue weighted by atomic mass is 10.2. The zero-order chi connectivity index (χ0) is 16.8. The van der Waals surface area contributed by atoms with Crippen molar-refractivity contribution in [1.29, 1.82) is 0 Å². The van der Waals surface area contributed by atoms with Crippen molar-refractivity contribution in [2.45, 2.75) is 38.3 Å². The van der Waals surface area contributed by atoms with E-state index in [2.05, 4.69) is 9.89 Å². The predicted octanol–water partition coefficient (Wildman–Crippen LogP) is 2.78. The third kappa shape index (κ3) is 5.64. The number of halogens is 1. The van der Waals surface area contributed by atoms with Crippen molar-refractivity contribution in [2.24, 2.45) is 10.7 Å². The Bertz CT molecular complexity index is 571. The predicted molar refractivity (Wildman–Crippen MR) is 109 cm³/mol. The molecule has 1 aromatic carbocycles. The number of nitrogens with two attached hydrogens (primary N) is 1. The zero-order valence-corrected chi connectivity index (χ0v) is 17.1. The average molecular weight is 461 g/mol. The number of hydrogen-bond donors (Lipinski definition) is 1. The maximum Gasteiger partial charge on any atom is 0.191 e. The Morgan fingerprint density at radius 2 is 1.96 bits per heavy atom. The van der Waals surface area contributed by atoms with E-state index in [-0.39, 0.29) is 24.0 Å². The second-order valence-electron chi connectivity index (χ2n) is 6.28. The number of morpholine rings is 1. The van der Waals surface area contributed by atoms with E-state index in [9.17, 15) is 0 Å². The summed E-state index contributed by atoms with van der Waals surface area (Å²) in [5, 5.41) is 0. The number of methoxy groups -OCH3 is 1. The molecule has 0 amide bonds. The summed E-state index contributed by atoms with van der Waals surface area (Å²) < 4.78 is 16.9. The van der Waals surface area contributed by atoms with Crippen molar-refractivity contribution >= 4 is 29.9 Å². The number of hydrogen-bond acceptors (Lipinski definition) is 4. The van der Waals surface area contributed by atoms with E-state index in [0.717, 1.165) is 43.0 Å². The molecular formula is C18H28IN3O3. The molecule has 1 saturated carbocycles. The maximum atomic E-state index is 6.13. The normalized spacial score (nSPS) is 18.8. The summed E-state index contributed by atoms with van der Waals surface area (Å²) in [6.45, 7) is 3.55. The number of guanidine groups is 1. The summed E-state index contributed by atoms with van der Waals surface area (Å²) in [4.78, 5) is 6.57. The Hall–Kier alpha value is -1.22. The monoisotopic (exact) mass is 461 g/mol. The Morgan fingerprint density at radius 1 is 1.24 bits per heavy atom. The van der Waals surface area contributed by atoms with Crippen LogP contribution in [0.1, 0.15) is 31.2 Å². The second kappa shape index (κ2) is 10.1. The average Bonchev–Trinajstić information content (AvgIpc) is 3.13. The molecule has 0 aromatic heterocycles. The number of rotatable bonds is 5. The SMILES string of the molecule is COc1ccc(CN=C(N)N2CCOCC2)cc1OC1CCCC1.I. The summed E-state index contributed by atoms with van der Waals surface area (Å²) in [7, 11) is 1.67. The molecule has 3 rings (SSSR count). The van der Waals surface area contributed by atoms with Gasteiger partial charge in [-0.25, -0.2) is 4.99 Å². The topological polar surface area (TPSA) is 69.3 Å². The first-order chi connectivity index (χ1) is 11.8. The number of aliphatic imine (C=N–C) groups is 1. The molecule has 0 unspecified atom stereocenters. The first-order valence-electron chi connectivity index (χ1n) is 8.72. The van der Waals surface area contributed by atoms with Crippen LogP contribution >= 0.6 is 24.0 Å². The Kier molecular flexibility index (Phi) is 8.08. The van der Waals surface area contributed by atoms with Gasteiger partial charge in [0.05, 0.1) is 33.0 Å². The van der Waals surface area contributed by atoms with Crippen LogP contribution < -0.4 is 15.2 Å². The van der Waals surface area contributed by atoms with Crippen LogP contribution in [-0.2, 0) is 11.3 Å². The van der Waals surface area contributed by atoms with E-state index in [0.29, 0.717) is 31.8 Å². The number of benzene rings is 1. The van der Waals surface area contributed by atoms with E-state index < -0.39 is 0 Å². The Labute approximate surface area is 166 Å². The maximum absolute atomic E-state index is 6.13. The first-order valence-corrected chi connectivity index (χ1v) is 8.72. The molecule has 0 bridgehead atoms. The molecule has 1 heterocycles. The van der Waals surface area contributed by atoms with Crippen molar-refractivity contribution in [3.63, 3.8) is 0 Å². The summed E-state index contributed by atoms with van der Waals surface area (Å²) in [6.07, 6.45) is 5.03. The molecule has 0 atom stereocenters. The lowest BCUT2D eigenvalue weighted by molar-refractivity contribution is 0.0674. The van der Waals surface area contributed by atoms with Crippen molar-refractivity contribution < 1.29 is 14.2 Å². The Balaban J connectivity index is 0.00000225. The molecule has 0 radical (unpaired) electrons. The van der Waals surface area contributed by atoms with Crippen LogP contribution in [0, 0.1) is 0 Å². The van der Waals surface area contributed by atoms with Gasteiger partial charge in [0.2, 0.25) is 0 Å². The third-order valence-electron chi connectivity index (χ3n) is 4.58. The highest BCUT2D eigenvalue weighted by atomic mass is 127. The molecule has 1 aromatic rings. The molecule has 0 spiro atoms. The van der Waals surface area contributed by atoms with E-state index >= 15 is 0 Å². The van der Waals surface area contributed by atoms with Crippen molar-refractivity contribution in [1.82, 2.24) is 4.90 Å². The van der Waals surface area contributed by atoms with Gasteiger partial charge >= 0.3 is 0 Å². The summed E-state index contributed by atoms with van der Waals surface area (Å²) in [6, 6.07) is 5.98. The van der Waals surface area contributed by atoms with Crippen LogP contribution in [0.4, 0.5) is 0 Å². The highest BCUT2D eigenvalue weighted by Gasteiger charge is 2.18. The fourth-order valence-corrected chi connectivity index (χ4v) is 3.16. The van der Waals surface area contributed by atoms with Crippen molar-refractivity contribution in [2.75, 3.05) is 33.4 Å². The van der Waals surface area contributed by atoms with Gasteiger partial charge in [-0.05, 0) is 43.4 Å². The molecule has 1 aliphatic heterocycles. The Morgan fingerprint density at radius 3 is 2.64 bits per heavy atom. The fourth-order valence-electron chi connectivity index (χ4n) is 3.16. The van der Waals surface area contributed by atoms with E-state index in [1.807, 2.05) is 18.2 Å². The lowest BCUT2D eigenvalue weighted by Crippen LogP contribution is -2.44. The fraction of sp³-hybridized carbons (Fsp3) is 0.611. The largest absolute Gasteiger partial charge is 0.493 e. The quantitative estimate of drug-likeness (QED) is 0.415. The van der Waals surface area contributed by atoms with Gasteiger partial charge in [-0.15, -0.1) is 24.0 Å². The van der Waals surface area contributed by atoms with Crippen LogP contribution in [-0.4, -0.2) is 50.4 Å². The van der Waals surface area contributed by atoms with E-state index in [1.54, 1.807) is 7.11 Å². The van der Waals surface area contributed by atoms with Gasteiger partial charge in [-0.3, -0.25) is 0 Å². The van der Waals surface area contributed by atoms with Crippen LogP contribution in [0.2, 0.25) is 0 Å². The lowest BCUT2D eigenvalue weighted by Gasteiger charge is -2.27. The third-order valence-corrected chi connectivity index (χ3v) is 4.58. The summed E-state index contributed by atoms with van der Waals surface area (Å²) in [5.41, 5.74) is 7.16. The highest BCUT2D eigenvalue weighted by Crippen LogP contribution is 2.32. The smallest absolute Gasteiger partial charge is 0.191 e. The molecule has 140 valence electrons. The molecular weight excluding hydrogens is 433 g/mol. The summed E-state index contributed by atoms with van der Waals surface area (Å²) in [5.74, 6) is 2.16. The van der Waals surface area contributed by atoms with Gasteiger partial charge in [0.1, 0.15) is 0 Å². The second-order valence-corrected chi connectivity index (χ2v) is 6.28. The molecule has 2 aliphatic rings. The van der Waals surface area contributed by atoms with E-state index in [1.165, 1.54) is 12.8 Å². The van der Waals surface area contributed by atoms with Crippen LogP contribution in [0.25, 0.3) is 0 Å². The molecule has 7 heteroatoms. The minimum Gasteiger partial charge on any atom is -0.493 e. The van der Waals surface area contributed by atoms with Gasteiger partial charge < -0.3 is 24.8 Å². The van der Waals surface area contributed by atoms with Crippen LogP contribution in [0.3, 0.4) is 0 Å². The molecule has 1 saturated heterocycles. The van der Waals surface area contributed by atoms with Crippen molar-refractivity contribution in [3.05, 3.63) is 23.8 Å². The molecule has 2 fully saturated rings. The van der Waals surface area contributed by atoms with Crippen molar-refractivity contribution in [3.8, 4) is 11.5 Å². The van der Waals surface area contributed by atoms with Crippen LogP contribution in [0.15, 0.2) is 23.2 Å². The van der Waals surface area contributed by atoms with Gasteiger partial charge in [-0.1, -0.05) is 6.07 Å². The minimum atomic E-state index is 0. The van der Waals surface area contributed by atoms with Gasteiger partial charge in [0.15, 0.2) is 17.5 Å².